The van der Waals surface area contributed by atoms with Gasteiger partial charge in [0.15, 0.2) is 0 Å². The van der Waals surface area contributed by atoms with E-state index in [1.54, 1.807) is 24.3 Å². The summed E-state index contributed by atoms with van der Waals surface area (Å²) in [5, 5.41) is 2.90. The molecule has 0 aliphatic heterocycles. The highest BCUT2D eigenvalue weighted by Gasteiger charge is 2.11. The van der Waals surface area contributed by atoms with Crippen LogP contribution in [0, 0.1) is 6.92 Å². The highest BCUT2D eigenvalue weighted by atomic mass is 32.2. The van der Waals surface area contributed by atoms with E-state index >= 15 is 0 Å². The van der Waals surface area contributed by atoms with Crippen molar-refractivity contribution < 1.29 is 13.2 Å². The summed E-state index contributed by atoms with van der Waals surface area (Å²) < 4.78 is 27.6. The van der Waals surface area contributed by atoms with Crippen molar-refractivity contribution in [2.75, 3.05) is 7.05 Å². The summed E-state index contributed by atoms with van der Waals surface area (Å²) in [6.07, 6.45) is 0.930. The quantitative estimate of drug-likeness (QED) is 0.795. The standard InChI is InChI=1S/C17H23N3O3S/c1-13-4-8-15(20(13)3)12-19-17(21)11-7-14-5-9-16(10-6-14)24(22,23)18-2/h4-6,8-10,18H,7,11-12H2,1-3H3,(H,19,21). The zero-order valence-corrected chi connectivity index (χ0v) is 15.0. The first-order chi connectivity index (χ1) is 11.3. The van der Waals surface area contributed by atoms with Gasteiger partial charge in [0, 0.05) is 24.9 Å². The first-order valence-corrected chi connectivity index (χ1v) is 9.22. The Balaban J connectivity index is 1.84. The average Bonchev–Trinajstić information content (AvgIpc) is 2.90. The van der Waals surface area contributed by atoms with E-state index in [2.05, 4.69) is 10.0 Å². The van der Waals surface area contributed by atoms with Gasteiger partial charge in [0.25, 0.3) is 0 Å². The third kappa shape index (κ3) is 4.46. The zero-order chi connectivity index (χ0) is 17.7. The Bertz CT molecular complexity index is 808. The Hall–Kier alpha value is -2.12. The Morgan fingerprint density at radius 3 is 2.33 bits per heavy atom. The maximum Gasteiger partial charge on any atom is 0.240 e. The summed E-state index contributed by atoms with van der Waals surface area (Å²) >= 11 is 0. The maximum atomic E-state index is 12.0. The van der Waals surface area contributed by atoms with E-state index in [0.717, 1.165) is 17.0 Å². The molecular formula is C17H23N3O3S. The fourth-order valence-electron chi connectivity index (χ4n) is 2.33. The van der Waals surface area contributed by atoms with Crippen LogP contribution in [0.15, 0.2) is 41.3 Å². The van der Waals surface area contributed by atoms with Crippen molar-refractivity contribution in [2.24, 2.45) is 7.05 Å². The second-order valence-electron chi connectivity index (χ2n) is 5.65. The lowest BCUT2D eigenvalue weighted by Crippen LogP contribution is -2.24. The average molecular weight is 349 g/mol. The first kappa shape index (κ1) is 18.2. The van der Waals surface area contributed by atoms with Crippen molar-refractivity contribution in [3.63, 3.8) is 0 Å². The molecule has 0 unspecified atom stereocenters. The lowest BCUT2D eigenvalue weighted by Gasteiger charge is -2.08. The van der Waals surface area contributed by atoms with Gasteiger partial charge in [-0.2, -0.15) is 0 Å². The van der Waals surface area contributed by atoms with Gasteiger partial charge < -0.3 is 9.88 Å². The number of benzene rings is 1. The number of aryl methyl sites for hydroxylation is 2. The van der Waals surface area contributed by atoms with E-state index < -0.39 is 10.0 Å². The number of rotatable bonds is 7. The van der Waals surface area contributed by atoms with Crippen molar-refractivity contribution in [2.45, 2.75) is 31.2 Å². The summed E-state index contributed by atoms with van der Waals surface area (Å²) in [5.74, 6) is -0.0271. The van der Waals surface area contributed by atoms with Crippen molar-refractivity contribution in [1.82, 2.24) is 14.6 Å². The number of aromatic nitrogens is 1. The van der Waals surface area contributed by atoms with Crippen LogP contribution < -0.4 is 10.0 Å². The molecule has 2 aromatic rings. The van der Waals surface area contributed by atoms with Crippen LogP contribution in [0.4, 0.5) is 0 Å². The number of carbonyl (C=O) groups excluding carboxylic acids is 1. The molecule has 0 aliphatic carbocycles. The second-order valence-corrected chi connectivity index (χ2v) is 7.54. The molecule has 6 nitrogen and oxygen atoms in total. The summed E-state index contributed by atoms with van der Waals surface area (Å²) in [6, 6.07) is 10.6. The van der Waals surface area contributed by atoms with E-state index in [1.807, 2.05) is 30.7 Å². The predicted octanol–water partition coefficient (Wildman–Crippen LogP) is 1.49. The van der Waals surface area contributed by atoms with E-state index in [-0.39, 0.29) is 10.8 Å². The molecular weight excluding hydrogens is 326 g/mol. The number of amides is 1. The number of sulfonamides is 1. The van der Waals surface area contributed by atoms with Gasteiger partial charge in [-0.05, 0) is 50.2 Å². The molecule has 0 saturated carbocycles. The Morgan fingerprint density at radius 1 is 1.12 bits per heavy atom. The minimum absolute atomic E-state index is 0.0271. The van der Waals surface area contributed by atoms with E-state index in [4.69, 9.17) is 0 Å². The molecule has 2 rings (SSSR count). The predicted molar refractivity (Wildman–Crippen MR) is 93.0 cm³/mol. The molecule has 0 atom stereocenters. The molecule has 1 heterocycles. The maximum absolute atomic E-state index is 12.0. The minimum atomic E-state index is -3.42. The molecule has 130 valence electrons. The Kier molecular flexibility index (Phi) is 5.80. The SMILES string of the molecule is CNS(=O)(=O)c1ccc(CCC(=O)NCc2ccc(C)n2C)cc1. The molecule has 1 amide bonds. The Morgan fingerprint density at radius 2 is 1.79 bits per heavy atom. The van der Waals surface area contributed by atoms with Gasteiger partial charge in [0.05, 0.1) is 11.4 Å². The van der Waals surface area contributed by atoms with Gasteiger partial charge in [-0.3, -0.25) is 4.79 Å². The number of hydrogen-bond acceptors (Lipinski definition) is 3. The van der Waals surface area contributed by atoms with Crippen molar-refractivity contribution in [3.8, 4) is 0 Å². The second kappa shape index (κ2) is 7.63. The van der Waals surface area contributed by atoms with Crippen molar-refractivity contribution in [3.05, 3.63) is 53.3 Å². The Labute approximate surface area is 142 Å². The van der Waals surface area contributed by atoms with Crippen LogP contribution in [0.25, 0.3) is 0 Å². The lowest BCUT2D eigenvalue weighted by atomic mass is 10.1. The zero-order valence-electron chi connectivity index (χ0n) is 14.2. The number of hydrogen-bond donors (Lipinski definition) is 2. The number of nitrogens with one attached hydrogen (secondary N) is 2. The summed E-state index contributed by atoms with van der Waals surface area (Å²) in [4.78, 5) is 12.2. The topological polar surface area (TPSA) is 80.2 Å². The van der Waals surface area contributed by atoms with Crippen molar-refractivity contribution >= 4 is 15.9 Å². The van der Waals surface area contributed by atoms with E-state index in [9.17, 15) is 13.2 Å². The molecule has 7 heteroatoms. The summed E-state index contributed by atoms with van der Waals surface area (Å²) in [6.45, 7) is 2.52. The van der Waals surface area contributed by atoms with Crippen LogP contribution in [0.1, 0.15) is 23.4 Å². The lowest BCUT2D eigenvalue weighted by molar-refractivity contribution is -0.121. The first-order valence-electron chi connectivity index (χ1n) is 7.74. The smallest absolute Gasteiger partial charge is 0.240 e. The number of nitrogens with zero attached hydrogens (tertiary/aromatic N) is 1. The van der Waals surface area contributed by atoms with Gasteiger partial charge in [-0.15, -0.1) is 0 Å². The number of carbonyl (C=O) groups is 1. The largest absolute Gasteiger partial charge is 0.351 e. The van der Waals surface area contributed by atoms with Crippen LogP contribution >= 0.6 is 0 Å². The fourth-order valence-corrected chi connectivity index (χ4v) is 3.06. The van der Waals surface area contributed by atoms with Gasteiger partial charge >= 0.3 is 0 Å². The van der Waals surface area contributed by atoms with Crippen LogP contribution in [0.2, 0.25) is 0 Å². The summed E-state index contributed by atoms with van der Waals surface area (Å²) in [7, 11) is -0.0726. The van der Waals surface area contributed by atoms with Gasteiger partial charge in [-0.25, -0.2) is 13.1 Å². The monoisotopic (exact) mass is 349 g/mol. The molecule has 1 aromatic heterocycles. The highest BCUT2D eigenvalue weighted by molar-refractivity contribution is 7.89. The van der Waals surface area contributed by atoms with Gasteiger partial charge in [-0.1, -0.05) is 12.1 Å². The third-order valence-electron chi connectivity index (χ3n) is 4.09. The molecule has 0 spiro atoms. The normalized spacial score (nSPS) is 11.5. The van der Waals surface area contributed by atoms with Crippen LogP contribution in [-0.2, 0) is 34.8 Å². The third-order valence-corrected chi connectivity index (χ3v) is 5.52. The van der Waals surface area contributed by atoms with E-state index in [1.165, 1.54) is 7.05 Å². The van der Waals surface area contributed by atoms with Gasteiger partial charge in [0.2, 0.25) is 15.9 Å². The van der Waals surface area contributed by atoms with Crippen LogP contribution in [0.3, 0.4) is 0 Å². The van der Waals surface area contributed by atoms with Crippen LogP contribution in [-0.4, -0.2) is 25.9 Å². The molecule has 24 heavy (non-hydrogen) atoms. The van der Waals surface area contributed by atoms with E-state index in [0.29, 0.717) is 19.4 Å². The molecule has 1 aromatic carbocycles. The fraction of sp³-hybridized carbons (Fsp3) is 0.353. The molecule has 0 fully saturated rings. The molecule has 0 bridgehead atoms. The molecule has 2 N–H and O–H groups in total. The minimum Gasteiger partial charge on any atom is -0.351 e. The molecule has 0 aliphatic rings. The van der Waals surface area contributed by atoms with Gasteiger partial charge in [0.1, 0.15) is 0 Å². The van der Waals surface area contributed by atoms with Crippen LogP contribution in [0.5, 0.6) is 0 Å². The molecule has 0 saturated heterocycles. The summed E-state index contributed by atoms with van der Waals surface area (Å²) in [5.41, 5.74) is 3.13. The van der Waals surface area contributed by atoms with Crippen molar-refractivity contribution in [1.29, 1.82) is 0 Å². The highest BCUT2D eigenvalue weighted by Crippen LogP contribution is 2.11. The molecule has 0 radical (unpaired) electrons.